The fraction of sp³-hybridized carbons (Fsp3) is 0.200. The molecule has 4 rings (SSSR count). The number of nitrogens with zero attached hydrogens (tertiary/aromatic N) is 3. The van der Waals surface area contributed by atoms with Gasteiger partial charge in [0.25, 0.3) is 0 Å². The summed E-state index contributed by atoms with van der Waals surface area (Å²) in [5.74, 6) is 0.154. The number of nitrogens with two attached hydrogens (primary N) is 1. The molecule has 1 atom stereocenters. The maximum Gasteiger partial charge on any atom is 0.223 e. The average molecular weight is 412 g/mol. The third-order valence-electron chi connectivity index (χ3n) is 5.43. The van der Waals surface area contributed by atoms with Gasteiger partial charge in [0.15, 0.2) is 0 Å². The number of hydrogen-bond acceptors (Lipinski definition) is 5. The Labute approximate surface area is 181 Å². The molecule has 0 fully saturated rings. The number of aromatic nitrogens is 3. The molecule has 3 N–H and O–H groups in total. The lowest BCUT2D eigenvalue weighted by molar-refractivity contribution is -0.124. The fourth-order valence-electron chi connectivity index (χ4n) is 3.67. The largest absolute Gasteiger partial charge is 0.383 e. The van der Waals surface area contributed by atoms with Gasteiger partial charge in [0.1, 0.15) is 5.82 Å². The second kappa shape index (κ2) is 8.92. The van der Waals surface area contributed by atoms with Crippen LogP contribution in [-0.2, 0) is 17.8 Å². The summed E-state index contributed by atoms with van der Waals surface area (Å²) < 4.78 is 0. The van der Waals surface area contributed by atoms with Crippen LogP contribution >= 0.6 is 0 Å². The van der Waals surface area contributed by atoms with Crippen molar-refractivity contribution in [1.82, 2.24) is 20.5 Å². The number of carbonyl (C=O) groups excluding carboxylic acids is 1. The van der Waals surface area contributed by atoms with Gasteiger partial charge in [-0.25, -0.2) is 4.98 Å². The predicted octanol–water partition coefficient (Wildman–Crippen LogP) is 4.08. The molecule has 0 unspecified atom stereocenters. The predicted molar refractivity (Wildman–Crippen MR) is 123 cm³/mol. The van der Waals surface area contributed by atoms with Gasteiger partial charge in [0.2, 0.25) is 5.91 Å². The van der Waals surface area contributed by atoms with Crippen LogP contribution in [0.3, 0.4) is 0 Å². The highest BCUT2D eigenvalue weighted by Gasteiger charge is 2.16. The van der Waals surface area contributed by atoms with Crippen molar-refractivity contribution in [3.63, 3.8) is 0 Å². The fourth-order valence-corrected chi connectivity index (χ4v) is 3.67. The highest BCUT2D eigenvalue weighted by Crippen LogP contribution is 2.28. The molecule has 0 bridgehead atoms. The van der Waals surface area contributed by atoms with E-state index in [1.54, 1.807) is 12.3 Å². The van der Waals surface area contributed by atoms with Gasteiger partial charge < -0.3 is 11.1 Å². The Morgan fingerprint density at radius 3 is 2.71 bits per heavy atom. The Hall–Kier alpha value is -3.80. The van der Waals surface area contributed by atoms with Crippen LogP contribution in [0.25, 0.3) is 22.0 Å². The SMILES string of the molecule is Cc1ccccc1-c1ccc2nc(N)c(C[C@@H](C)C(=O)NCc3cccnn3)cc2c1. The molecule has 0 aliphatic carbocycles. The van der Waals surface area contributed by atoms with Crippen molar-refractivity contribution in [1.29, 1.82) is 0 Å². The van der Waals surface area contributed by atoms with Crippen LogP contribution < -0.4 is 11.1 Å². The first-order valence-electron chi connectivity index (χ1n) is 10.3. The molecule has 0 saturated heterocycles. The van der Waals surface area contributed by atoms with E-state index in [4.69, 9.17) is 5.73 Å². The molecule has 6 nitrogen and oxygen atoms in total. The standard InChI is InChI=1S/C25H25N5O/c1-16-6-3-4-8-22(16)18-9-10-23-19(13-18)14-20(24(26)29-23)12-17(2)25(31)27-15-21-7-5-11-28-30-21/h3-11,13-14,17H,12,15H2,1-2H3,(H2,26,29)(H,27,31)/t17-/m1/s1. The second-order valence-electron chi connectivity index (χ2n) is 7.79. The molecule has 4 aromatic rings. The van der Waals surface area contributed by atoms with Crippen LogP contribution in [-0.4, -0.2) is 21.1 Å². The minimum Gasteiger partial charge on any atom is -0.383 e. The summed E-state index contributed by atoms with van der Waals surface area (Å²) >= 11 is 0. The van der Waals surface area contributed by atoms with Gasteiger partial charge in [-0.1, -0.05) is 37.3 Å². The first-order valence-corrected chi connectivity index (χ1v) is 10.3. The molecule has 0 aliphatic heterocycles. The zero-order chi connectivity index (χ0) is 21.8. The van der Waals surface area contributed by atoms with Crippen LogP contribution in [0, 0.1) is 12.8 Å². The first kappa shape index (κ1) is 20.5. The molecule has 156 valence electrons. The number of rotatable bonds is 6. The van der Waals surface area contributed by atoms with Gasteiger partial charge in [0, 0.05) is 17.5 Å². The number of nitrogens with one attached hydrogen (secondary N) is 1. The number of benzene rings is 2. The molecule has 6 heteroatoms. The summed E-state index contributed by atoms with van der Waals surface area (Å²) in [4.78, 5) is 17.1. The third kappa shape index (κ3) is 4.69. The number of fused-ring (bicyclic) bond motifs is 1. The van der Waals surface area contributed by atoms with E-state index in [1.165, 1.54) is 11.1 Å². The molecule has 0 aliphatic rings. The highest BCUT2D eigenvalue weighted by molar-refractivity contribution is 5.87. The monoisotopic (exact) mass is 411 g/mol. The number of hydrogen-bond donors (Lipinski definition) is 2. The van der Waals surface area contributed by atoms with Crippen molar-refractivity contribution in [3.05, 3.63) is 83.7 Å². The lowest BCUT2D eigenvalue weighted by atomic mass is 9.96. The van der Waals surface area contributed by atoms with Crippen molar-refractivity contribution in [2.45, 2.75) is 26.8 Å². The normalized spacial score (nSPS) is 11.9. The quantitative estimate of drug-likeness (QED) is 0.499. The summed E-state index contributed by atoms with van der Waals surface area (Å²) in [6.07, 6.45) is 2.11. The number of anilines is 1. The van der Waals surface area contributed by atoms with Crippen LogP contribution in [0.1, 0.15) is 23.7 Å². The van der Waals surface area contributed by atoms with E-state index < -0.39 is 0 Å². The van der Waals surface area contributed by atoms with Crippen LogP contribution in [0.15, 0.2) is 66.9 Å². The van der Waals surface area contributed by atoms with Gasteiger partial charge in [-0.3, -0.25) is 4.79 Å². The van der Waals surface area contributed by atoms with E-state index in [1.807, 2.05) is 37.3 Å². The molecule has 0 spiro atoms. The number of aryl methyl sites for hydroxylation is 1. The lowest BCUT2D eigenvalue weighted by Gasteiger charge is -2.14. The Kier molecular flexibility index (Phi) is 5.89. The minimum atomic E-state index is -0.252. The van der Waals surface area contributed by atoms with Crippen molar-refractivity contribution in [3.8, 4) is 11.1 Å². The van der Waals surface area contributed by atoms with E-state index >= 15 is 0 Å². The maximum atomic E-state index is 12.6. The zero-order valence-electron chi connectivity index (χ0n) is 17.7. The maximum absolute atomic E-state index is 12.6. The average Bonchev–Trinajstić information content (AvgIpc) is 2.78. The van der Waals surface area contributed by atoms with E-state index in [2.05, 4.69) is 51.7 Å². The Balaban J connectivity index is 1.53. The molecule has 0 radical (unpaired) electrons. The van der Waals surface area contributed by atoms with Crippen molar-refractivity contribution >= 4 is 22.6 Å². The molecular formula is C25H25N5O. The number of pyridine rings is 1. The van der Waals surface area contributed by atoms with Crippen molar-refractivity contribution in [2.24, 2.45) is 5.92 Å². The highest BCUT2D eigenvalue weighted by atomic mass is 16.1. The van der Waals surface area contributed by atoms with E-state index in [0.717, 1.165) is 27.7 Å². The van der Waals surface area contributed by atoms with E-state index in [0.29, 0.717) is 18.8 Å². The molecule has 2 heterocycles. The van der Waals surface area contributed by atoms with Gasteiger partial charge in [0.05, 0.1) is 17.8 Å². The van der Waals surface area contributed by atoms with Gasteiger partial charge in [-0.05, 0) is 65.9 Å². The second-order valence-corrected chi connectivity index (χ2v) is 7.79. The summed E-state index contributed by atoms with van der Waals surface area (Å²) in [5.41, 5.74) is 12.2. The Morgan fingerprint density at radius 1 is 1.10 bits per heavy atom. The molecule has 2 aromatic carbocycles. The van der Waals surface area contributed by atoms with Crippen molar-refractivity contribution in [2.75, 3.05) is 5.73 Å². The molecule has 1 amide bonds. The minimum absolute atomic E-state index is 0.0567. The zero-order valence-corrected chi connectivity index (χ0v) is 17.7. The number of nitrogen functional groups attached to an aromatic ring is 1. The van der Waals surface area contributed by atoms with Gasteiger partial charge in [-0.2, -0.15) is 10.2 Å². The molecule has 2 aromatic heterocycles. The number of carbonyl (C=O) groups is 1. The van der Waals surface area contributed by atoms with Gasteiger partial charge >= 0.3 is 0 Å². The Bertz CT molecular complexity index is 1220. The summed E-state index contributed by atoms with van der Waals surface area (Å²) in [7, 11) is 0. The molecular weight excluding hydrogens is 386 g/mol. The summed E-state index contributed by atoms with van der Waals surface area (Å²) in [6, 6.07) is 20.2. The summed E-state index contributed by atoms with van der Waals surface area (Å²) in [5, 5.41) is 11.7. The lowest BCUT2D eigenvalue weighted by Crippen LogP contribution is -2.30. The van der Waals surface area contributed by atoms with Crippen LogP contribution in [0.2, 0.25) is 0 Å². The van der Waals surface area contributed by atoms with Crippen LogP contribution in [0.4, 0.5) is 5.82 Å². The summed E-state index contributed by atoms with van der Waals surface area (Å²) in [6.45, 7) is 4.34. The Morgan fingerprint density at radius 2 is 1.94 bits per heavy atom. The van der Waals surface area contributed by atoms with E-state index in [9.17, 15) is 4.79 Å². The first-order chi connectivity index (χ1) is 15.0. The number of amides is 1. The van der Waals surface area contributed by atoms with Crippen LogP contribution in [0.5, 0.6) is 0 Å². The molecule has 0 saturated carbocycles. The topological polar surface area (TPSA) is 93.8 Å². The smallest absolute Gasteiger partial charge is 0.223 e. The van der Waals surface area contributed by atoms with E-state index in [-0.39, 0.29) is 11.8 Å². The third-order valence-corrected chi connectivity index (χ3v) is 5.43. The molecule has 31 heavy (non-hydrogen) atoms. The van der Waals surface area contributed by atoms with Gasteiger partial charge in [-0.15, -0.1) is 0 Å². The van der Waals surface area contributed by atoms with Crippen molar-refractivity contribution < 1.29 is 4.79 Å².